The van der Waals surface area contributed by atoms with Crippen molar-refractivity contribution < 1.29 is 37.8 Å². The van der Waals surface area contributed by atoms with Crippen LogP contribution in [0.5, 0.6) is 5.75 Å². The van der Waals surface area contributed by atoms with E-state index in [0.717, 1.165) is 22.2 Å². The van der Waals surface area contributed by atoms with Crippen molar-refractivity contribution in [3.8, 4) is 11.4 Å². The number of nitrogens with zero attached hydrogens (tertiary/aromatic N) is 2. The zero-order valence-electron chi connectivity index (χ0n) is 22.1. The summed E-state index contributed by atoms with van der Waals surface area (Å²) in [6.45, 7) is 5.99. The quantitative estimate of drug-likeness (QED) is 0.246. The van der Waals surface area contributed by atoms with Gasteiger partial charge in [-0.2, -0.15) is 0 Å². The molecule has 0 saturated carbocycles. The van der Waals surface area contributed by atoms with Crippen molar-refractivity contribution in [1.82, 2.24) is 10.2 Å². The minimum absolute atomic E-state index is 0.133. The summed E-state index contributed by atoms with van der Waals surface area (Å²) in [5, 5.41) is 5.80. The average molecular weight is 578 g/mol. The molecule has 2 N–H and O–H groups in total. The summed E-state index contributed by atoms with van der Waals surface area (Å²) < 4.78 is 22.0. The van der Waals surface area contributed by atoms with Crippen LogP contribution < -0.4 is 20.4 Å². The Morgan fingerprint density at radius 2 is 1.92 bits per heavy atom. The first-order chi connectivity index (χ1) is 18.5. The minimum atomic E-state index is -0.636. The van der Waals surface area contributed by atoms with E-state index in [4.69, 9.17) is 18.7 Å². The smallest absolute Gasteiger partial charge is 0.442 e. The molecule has 208 valence electrons. The molecule has 0 saturated heterocycles. The van der Waals surface area contributed by atoms with E-state index < -0.39 is 29.2 Å². The van der Waals surface area contributed by atoms with Crippen LogP contribution in [0.1, 0.15) is 41.6 Å². The van der Waals surface area contributed by atoms with E-state index in [0.29, 0.717) is 29.4 Å². The van der Waals surface area contributed by atoms with Crippen LogP contribution in [0.3, 0.4) is 0 Å². The molecule has 0 atom stereocenters. The van der Waals surface area contributed by atoms with Crippen LogP contribution in [0.25, 0.3) is 5.69 Å². The van der Waals surface area contributed by atoms with Gasteiger partial charge < -0.3 is 24.4 Å². The van der Waals surface area contributed by atoms with E-state index in [-0.39, 0.29) is 22.9 Å². The Balaban J connectivity index is 1.49. The molecule has 1 aromatic carbocycles. The van der Waals surface area contributed by atoms with Crippen LogP contribution >= 0.6 is 23.1 Å². The van der Waals surface area contributed by atoms with E-state index in [1.807, 2.05) is 0 Å². The fourth-order valence-electron chi connectivity index (χ4n) is 3.88. The molecular formula is C25H29N4O8S2+. The Hall–Kier alpha value is -3.78. The third kappa shape index (κ3) is 6.45. The summed E-state index contributed by atoms with van der Waals surface area (Å²) in [6.07, 6.45) is -0.0366. The molecule has 39 heavy (non-hydrogen) atoms. The number of ether oxygens (including phenoxy) is 3. The van der Waals surface area contributed by atoms with Crippen molar-refractivity contribution in [2.24, 2.45) is 0 Å². The maximum atomic E-state index is 12.9. The number of rotatable bonds is 7. The number of H-pyrrole nitrogens is 1. The molecule has 0 spiro atoms. The van der Waals surface area contributed by atoms with E-state index in [9.17, 15) is 19.2 Å². The van der Waals surface area contributed by atoms with Gasteiger partial charge in [0.15, 0.2) is 0 Å². The molecule has 1 aliphatic heterocycles. The highest BCUT2D eigenvalue weighted by atomic mass is 32.2. The van der Waals surface area contributed by atoms with Gasteiger partial charge >= 0.3 is 22.7 Å². The lowest BCUT2D eigenvalue weighted by molar-refractivity contribution is -0.704. The normalized spacial score (nSPS) is 13.0. The number of nitrogens with one attached hydrogen (secondary N) is 2. The number of thiophene rings is 1. The third-order valence-electron chi connectivity index (χ3n) is 5.63. The number of carbonyl (C=O) groups is 3. The second-order valence-corrected chi connectivity index (χ2v) is 11.6. The van der Waals surface area contributed by atoms with Gasteiger partial charge in [-0.05, 0) is 66.6 Å². The summed E-state index contributed by atoms with van der Waals surface area (Å²) >= 11 is 2.19. The number of hydrogen-bond acceptors (Lipinski definition) is 10. The summed E-state index contributed by atoms with van der Waals surface area (Å²) in [5.74, 6) is -0.501. The Morgan fingerprint density at radius 3 is 2.56 bits per heavy atom. The number of carbonyl (C=O) groups excluding carboxylic acids is 3. The molecule has 12 nitrogen and oxygen atoms in total. The third-order valence-corrected chi connectivity index (χ3v) is 7.79. The molecular weight excluding hydrogens is 548 g/mol. The van der Waals surface area contributed by atoms with Gasteiger partial charge in [0.05, 0.1) is 32.1 Å². The van der Waals surface area contributed by atoms with E-state index >= 15 is 0 Å². The van der Waals surface area contributed by atoms with Crippen LogP contribution in [0.15, 0.2) is 38.6 Å². The zero-order valence-corrected chi connectivity index (χ0v) is 23.7. The molecule has 3 heterocycles. The zero-order chi connectivity index (χ0) is 28.3. The fourth-order valence-corrected chi connectivity index (χ4v) is 5.92. The highest BCUT2D eigenvalue weighted by Gasteiger charge is 2.33. The van der Waals surface area contributed by atoms with Gasteiger partial charge in [0.25, 0.3) is 0 Å². The Kier molecular flexibility index (Phi) is 8.35. The van der Waals surface area contributed by atoms with E-state index in [2.05, 4.69) is 10.6 Å². The number of anilines is 1. The Bertz CT molecular complexity index is 1440. The number of benzene rings is 1. The van der Waals surface area contributed by atoms with Gasteiger partial charge in [0.2, 0.25) is 11.6 Å². The number of hydrogen-bond donors (Lipinski definition) is 2. The second-order valence-electron chi connectivity index (χ2n) is 9.51. The van der Waals surface area contributed by atoms with Crippen molar-refractivity contribution >= 4 is 46.1 Å². The van der Waals surface area contributed by atoms with Crippen LogP contribution in [0.2, 0.25) is 0 Å². The van der Waals surface area contributed by atoms with E-state index in [1.54, 1.807) is 57.0 Å². The Morgan fingerprint density at radius 1 is 1.21 bits per heavy atom. The predicted molar refractivity (Wildman–Crippen MR) is 143 cm³/mol. The van der Waals surface area contributed by atoms with Gasteiger partial charge in [0, 0.05) is 23.6 Å². The van der Waals surface area contributed by atoms with Crippen molar-refractivity contribution in [3.63, 3.8) is 0 Å². The molecule has 1 aliphatic rings. The molecule has 14 heteroatoms. The number of amides is 2. The molecule has 2 amide bonds. The first kappa shape index (κ1) is 28.2. The van der Waals surface area contributed by atoms with Crippen LogP contribution in [0, 0.1) is 0 Å². The maximum Gasteiger partial charge on any atom is 0.442 e. The number of aromatic amines is 1. The van der Waals surface area contributed by atoms with Gasteiger partial charge in [-0.1, -0.05) is 0 Å². The SMILES string of the molecule is COC(=O)c1c(NC(=O)CSc2c(=O)o[nH][n+]2-c2ccc(OC)cc2)sc2c1CCN(C(=O)OC(C)(C)C)C2. The topological polar surface area (TPSA) is 144 Å². The monoisotopic (exact) mass is 577 g/mol. The molecule has 2 aromatic heterocycles. The molecule has 3 aromatic rings. The number of thioether (sulfide) groups is 1. The predicted octanol–water partition coefficient (Wildman–Crippen LogP) is 3.13. The summed E-state index contributed by atoms with van der Waals surface area (Å²) in [4.78, 5) is 52.8. The lowest BCUT2D eigenvalue weighted by Crippen LogP contribution is -2.39. The van der Waals surface area contributed by atoms with Gasteiger partial charge in [0.1, 0.15) is 16.4 Å². The first-order valence-corrected chi connectivity index (χ1v) is 13.7. The van der Waals surface area contributed by atoms with Crippen molar-refractivity contribution in [2.45, 2.75) is 44.4 Å². The fraction of sp³-hybridized carbons (Fsp3) is 0.400. The largest absolute Gasteiger partial charge is 0.497 e. The lowest BCUT2D eigenvalue weighted by atomic mass is 10.0. The standard InChI is InChI=1S/C25H28N4O8S2/c1-25(2,3)36-24(33)28-11-10-16-17(12-28)39-20(19(16)22(31)35-5)26-18(30)13-38-21-23(32)37-27-29(21)14-6-8-15(34-4)9-7-14/h6-9H,10-13H2,1-5H3,(H-,26,27,30,31,32)/p+1. The molecule has 0 bridgehead atoms. The molecule has 0 unspecified atom stereocenters. The highest BCUT2D eigenvalue weighted by molar-refractivity contribution is 7.99. The minimum Gasteiger partial charge on any atom is -0.497 e. The lowest BCUT2D eigenvalue weighted by Gasteiger charge is -2.30. The van der Waals surface area contributed by atoms with Gasteiger partial charge in [-0.15, -0.1) is 11.3 Å². The maximum absolute atomic E-state index is 12.9. The molecule has 0 radical (unpaired) electrons. The number of methoxy groups -OCH3 is 2. The highest BCUT2D eigenvalue weighted by Crippen LogP contribution is 2.38. The Labute approximate surface area is 232 Å². The van der Waals surface area contributed by atoms with Crippen molar-refractivity contribution in [3.05, 3.63) is 50.7 Å². The number of aromatic nitrogens is 2. The second kappa shape index (κ2) is 11.5. The number of fused-ring (bicyclic) bond motifs is 1. The van der Waals surface area contributed by atoms with Crippen LogP contribution in [-0.2, 0) is 27.2 Å². The molecule has 0 fully saturated rings. The summed E-state index contributed by atoms with van der Waals surface area (Å²) in [5.41, 5.74) is 0.348. The summed E-state index contributed by atoms with van der Waals surface area (Å²) in [6, 6.07) is 6.92. The van der Waals surface area contributed by atoms with Crippen molar-refractivity contribution in [1.29, 1.82) is 0 Å². The van der Waals surface area contributed by atoms with Crippen LogP contribution in [-0.4, -0.2) is 60.3 Å². The first-order valence-electron chi connectivity index (χ1n) is 11.9. The molecule has 4 rings (SSSR count). The van der Waals surface area contributed by atoms with Crippen molar-refractivity contribution in [2.75, 3.05) is 31.8 Å². The van der Waals surface area contributed by atoms with Gasteiger partial charge in [-0.25, -0.2) is 14.4 Å². The summed E-state index contributed by atoms with van der Waals surface area (Å²) in [7, 11) is 2.82. The number of esters is 1. The van der Waals surface area contributed by atoms with Crippen LogP contribution in [0.4, 0.5) is 9.80 Å². The average Bonchev–Trinajstić information content (AvgIpc) is 3.44. The molecule has 0 aliphatic carbocycles. The van der Waals surface area contributed by atoms with Gasteiger partial charge in [-0.3, -0.25) is 9.32 Å². The van der Waals surface area contributed by atoms with E-state index in [1.165, 1.54) is 23.1 Å².